The molecule has 0 spiro atoms. The number of hydrogen-bond acceptors (Lipinski definition) is 5. The summed E-state index contributed by atoms with van der Waals surface area (Å²) in [5, 5.41) is 16.6. The zero-order valence-corrected chi connectivity index (χ0v) is 17.9. The molecule has 0 aliphatic heterocycles. The minimum Gasteiger partial charge on any atom is -0.444 e. The monoisotopic (exact) mass is 429 g/mol. The van der Waals surface area contributed by atoms with Crippen LogP contribution in [-0.4, -0.2) is 29.2 Å². The van der Waals surface area contributed by atoms with E-state index in [1.165, 1.54) is 6.07 Å². The molecule has 3 unspecified atom stereocenters. The second-order valence-corrected chi connectivity index (χ2v) is 9.34. The third kappa shape index (κ3) is 5.16. The van der Waals surface area contributed by atoms with E-state index in [-0.39, 0.29) is 12.3 Å². The summed E-state index contributed by atoms with van der Waals surface area (Å²) in [6.07, 6.45) is -0.335. The van der Waals surface area contributed by atoms with Gasteiger partial charge in [-0.05, 0) is 44.2 Å². The number of thiophene rings is 1. The molecule has 2 aromatic rings. The van der Waals surface area contributed by atoms with Crippen LogP contribution >= 0.6 is 11.3 Å². The van der Waals surface area contributed by atoms with Crippen LogP contribution in [0.5, 0.6) is 0 Å². The van der Waals surface area contributed by atoms with Crippen LogP contribution in [0.15, 0.2) is 41.8 Å². The number of alkyl carbamates (subject to hydrolysis) is 1. The molecule has 3 atom stereocenters. The van der Waals surface area contributed by atoms with Crippen LogP contribution in [0.2, 0.25) is 0 Å². The fraction of sp³-hybridized carbons (Fsp3) is 0.409. The van der Waals surface area contributed by atoms with Crippen LogP contribution in [-0.2, 0) is 16.0 Å². The molecular formula is C22H24FN3O3S. The summed E-state index contributed by atoms with van der Waals surface area (Å²) >= 11 is 1.16. The van der Waals surface area contributed by atoms with Gasteiger partial charge >= 0.3 is 6.09 Å². The first-order chi connectivity index (χ1) is 14.1. The summed E-state index contributed by atoms with van der Waals surface area (Å²) in [5.41, 5.74) is -0.831. The van der Waals surface area contributed by atoms with Crippen LogP contribution in [0.25, 0.3) is 0 Å². The molecule has 30 heavy (non-hydrogen) atoms. The molecule has 1 saturated carbocycles. The first kappa shape index (κ1) is 21.8. The van der Waals surface area contributed by atoms with Crippen molar-refractivity contribution in [2.24, 2.45) is 0 Å². The summed E-state index contributed by atoms with van der Waals surface area (Å²) < 4.78 is 19.2. The van der Waals surface area contributed by atoms with E-state index in [0.717, 1.165) is 16.9 Å². The van der Waals surface area contributed by atoms with Gasteiger partial charge in [-0.25, -0.2) is 9.18 Å². The molecule has 8 heteroatoms. The molecule has 158 valence electrons. The molecule has 1 heterocycles. The smallest absolute Gasteiger partial charge is 0.408 e. The highest BCUT2D eigenvalue weighted by atomic mass is 32.1. The predicted molar refractivity (Wildman–Crippen MR) is 111 cm³/mol. The normalized spacial score (nSPS) is 21.2. The summed E-state index contributed by atoms with van der Waals surface area (Å²) in [4.78, 5) is 25.6. The van der Waals surface area contributed by atoms with E-state index in [2.05, 4.69) is 16.7 Å². The Kier molecular flexibility index (Phi) is 6.13. The largest absolute Gasteiger partial charge is 0.444 e. The molecule has 3 rings (SSSR count). The Labute approximate surface area is 179 Å². The number of nitriles is 1. The maximum absolute atomic E-state index is 14.0. The molecule has 1 aromatic carbocycles. The predicted octanol–water partition coefficient (Wildman–Crippen LogP) is 3.89. The van der Waals surface area contributed by atoms with Gasteiger partial charge < -0.3 is 15.4 Å². The van der Waals surface area contributed by atoms with Gasteiger partial charge in [0.1, 0.15) is 23.0 Å². The van der Waals surface area contributed by atoms with Crippen LogP contribution < -0.4 is 10.6 Å². The Morgan fingerprint density at radius 2 is 2.03 bits per heavy atom. The zero-order chi connectivity index (χ0) is 21.9. The Morgan fingerprint density at radius 1 is 1.33 bits per heavy atom. The van der Waals surface area contributed by atoms with Crippen molar-refractivity contribution < 1.29 is 18.7 Å². The number of amides is 2. The topological polar surface area (TPSA) is 91.2 Å². The molecule has 2 amide bonds. The molecular weight excluding hydrogens is 405 g/mol. The van der Waals surface area contributed by atoms with Crippen LogP contribution in [0.1, 0.15) is 43.6 Å². The Hall–Kier alpha value is -2.92. The van der Waals surface area contributed by atoms with Crippen molar-refractivity contribution in [2.75, 3.05) is 0 Å². The van der Waals surface area contributed by atoms with E-state index in [0.29, 0.717) is 11.3 Å². The van der Waals surface area contributed by atoms with Gasteiger partial charge in [-0.2, -0.15) is 5.26 Å². The van der Waals surface area contributed by atoms with Gasteiger partial charge in [0, 0.05) is 17.2 Å². The molecule has 0 saturated heterocycles. The van der Waals surface area contributed by atoms with Crippen LogP contribution in [0.3, 0.4) is 0 Å². The summed E-state index contributed by atoms with van der Waals surface area (Å²) in [6.45, 7) is 5.12. The maximum Gasteiger partial charge on any atom is 0.408 e. The third-order valence-corrected chi connectivity index (χ3v) is 5.71. The fourth-order valence-corrected chi connectivity index (χ4v) is 4.06. The lowest BCUT2D eigenvalue weighted by atomic mass is 10.1. The first-order valence-corrected chi connectivity index (χ1v) is 10.5. The number of nitrogens with one attached hydrogen (secondary N) is 2. The molecule has 2 N–H and O–H groups in total. The summed E-state index contributed by atoms with van der Waals surface area (Å²) in [7, 11) is 0. The average Bonchev–Trinajstić information content (AvgIpc) is 3.25. The molecule has 1 aliphatic rings. The summed E-state index contributed by atoms with van der Waals surface area (Å²) in [6, 6.07) is 11.9. The number of benzene rings is 1. The number of nitrogens with zero attached hydrogens (tertiary/aromatic N) is 1. The van der Waals surface area contributed by atoms with Gasteiger partial charge in [0.15, 0.2) is 0 Å². The highest BCUT2D eigenvalue weighted by Crippen LogP contribution is 2.51. The standard InChI is InChI=1S/C22H24FN3O3S/c1-21(2,3)29-20(28)25-17(11-18-16(23)9-10-30-18)19(27)26-22(13-24)12-15(22)14-7-5-4-6-8-14/h4-10,15,17H,11-12H2,1-3H3,(H,25,28)(H,26,27). The first-order valence-electron chi connectivity index (χ1n) is 9.63. The van der Waals surface area contributed by atoms with Gasteiger partial charge in [-0.3, -0.25) is 4.79 Å². The second-order valence-electron chi connectivity index (χ2n) is 8.33. The SMILES string of the molecule is CC(C)(C)OC(=O)NC(Cc1sccc1F)C(=O)NC1(C#N)CC1c1ccccc1. The minimum absolute atomic E-state index is 0.0356. The van der Waals surface area contributed by atoms with E-state index in [4.69, 9.17) is 4.74 Å². The molecule has 6 nitrogen and oxygen atoms in total. The number of carbonyl (C=O) groups is 2. The van der Waals surface area contributed by atoms with Crippen molar-refractivity contribution in [2.45, 2.75) is 56.7 Å². The molecule has 0 bridgehead atoms. The second kappa shape index (κ2) is 8.44. The van der Waals surface area contributed by atoms with Crippen LogP contribution in [0, 0.1) is 17.1 Å². The van der Waals surface area contributed by atoms with E-state index in [1.54, 1.807) is 26.2 Å². The molecule has 1 aliphatic carbocycles. The highest BCUT2D eigenvalue weighted by molar-refractivity contribution is 7.09. The van der Waals surface area contributed by atoms with E-state index in [1.807, 2.05) is 30.3 Å². The summed E-state index contributed by atoms with van der Waals surface area (Å²) in [5.74, 6) is -1.12. The third-order valence-electron chi connectivity index (χ3n) is 4.80. The zero-order valence-electron chi connectivity index (χ0n) is 17.1. The Morgan fingerprint density at radius 3 is 2.60 bits per heavy atom. The number of hydrogen-bond donors (Lipinski definition) is 2. The fourth-order valence-electron chi connectivity index (χ4n) is 3.26. The van der Waals surface area contributed by atoms with Gasteiger partial charge in [0.2, 0.25) is 5.91 Å². The lowest BCUT2D eigenvalue weighted by molar-refractivity contribution is -0.123. The number of rotatable bonds is 6. The van der Waals surface area contributed by atoms with Crippen molar-refractivity contribution in [1.82, 2.24) is 10.6 Å². The van der Waals surface area contributed by atoms with Crippen molar-refractivity contribution in [3.05, 3.63) is 58.0 Å². The van der Waals surface area contributed by atoms with E-state index < -0.39 is 35.0 Å². The van der Waals surface area contributed by atoms with Crippen LogP contribution in [0.4, 0.5) is 9.18 Å². The van der Waals surface area contributed by atoms with Crippen molar-refractivity contribution in [1.29, 1.82) is 5.26 Å². The average molecular weight is 430 g/mol. The van der Waals surface area contributed by atoms with E-state index >= 15 is 0 Å². The highest BCUT2D eigenvalue weighted by Gasteiger charge is 2.57. The van der Waals surface area contributed by atoms with Gasteiger partial charge in [-0.15, -0.1) is 11.3 Å². The Bertz CT molecular complexity index is 964. The number of carbonyl (C=O) groups excluding carboxylic acids is 2. The lowest BCUT2D eigenvalue weighted by Crippen LogP contribution is -2.52. The maximum atomic E-state index is 14.0. The molecule has 1 aromatic heterocycles. The molecule has 0 radical (unpaired) electrons. The number of ether oxygens (including phenoxy) is 1. The number of halogens is 1. The van der Waals surface area contributed by atoms with Crippen molar-refractivity contribution in [3.8, 4) is 6.07 Å². The van der Waals surface area contributed by atoms with Gasteiger partial charge in [0.25, 0.3) is 0 Å². The van der Waals surface area contributed by atoms with E-state index in [9.17, 15) is 19.2 Å². The van der Waals surface area contributed by atoms with Crippen molar-refractivity contribution in [3.63, 3.8) is 0 Å². The minimum atomic E-state index is -1.07. The molecule has 1 fully saturated rings. The Balaban J connectivity index is 1.75. The van der Waals surface area contributed by atoms with Crippen molar-refractivity contribution >= 4 is 23.3 Å². The van der Waals surface area contributed by atoms with Gasteiger partial charge in [-0.1, -0.05) is 30.3 Å². The van der Waals surface area contributed by atoms with Gasteiger partial charge in [0.05, 0.1) is 6.07 Å². The quantitative estimate of drug-likeness (QED) is 0.729. The lowest BCUT2D eigenvalue weighted by Gasteiger charge is -2.24.